The first-order valence-corrected chi connectivity index (χ1v) is 6.89. The summed E-state index contributed by atoms with van der Waals surface area (Å²) in [5.74, 6) is 0. The average molecular weight is 309 g/mol. The number of H-pyrrole nitrogens is 1. The van der Waals surface area contributed by atoms with Crippen molar-refractivity contribution >= 4 is 46.5 Å². The van der Waals surface area contributed by atoms with Gasteiger partial charge in [-0.15, -0.1) is 0 Å². The molecule has 0 aliphatic heterocycles. The monoisotopic (exact) mass is 308 g/mol. The first-order chi connectivity index (χ1) is 9.06. The van der Waals surface area contributed by atoms with E-state index in [1.165, 1.54) is 5.56 Å². The molecular weight excluding hydrogens is 299 g/mol. The standard InChI is InChI=1S/C14H10Cl2N2S/c1-8-3-2-4-9(5-8)18-13-7-11(16)10(15)6-12(13)17-14(18)19/h2-7H,1H3,(H,17,19). The Balaban J connectivity index is 2.38. The Morgan fingerprint density at radius 3 is 2.58 bits per heavy atom. The van der Waals surface area contributed by atoms with Crippen LogP contribution in [0.3, 0.4) is 0 Å². The highest BCUT2D eigenvalue weighted by Crippen LogP contribution is 2.29. The molecule has 0 aliphatic rings. The van der Waals surface area contributed by atoms with Crippen molar-refractivity contribution in [2.45, 2.75) is 6.92 Å². The van der Waals surface area contributed by atoms with E-state index >= 15 is 0 Å². The summed E-state index contributed by atoms with van der Waals surface area (Å²) in [6, 6.07) is 11.8. The topological polar surface area (TPSA) is 20.7 Å². The van der Waals surface area contributed by atoms with Crippen LogP contribution >= 0.6 is 35.4 Å². The van der Waals surface area contributed by atoms with Crippen LogP contribution in [0.4, 0.5) is 0 Å². The number of benzene rings is 2. The van der Waals surface area contributed by atoms with Gasteiger partial charge in [0.2, 0.25) is 0 Å². The Hall–Kier alpha value is -1.29. The van der Waals surface area contributed by atoms with Crippen LogP contribution < -0.4 is 0 Å². The van der Waals surface area contributed by atoms with Crippen molar-refractivity contribution in [3.8, 4) is 5.69 Å². The summed E-state index contributed by atoms with van der Waals surface area (Å²) in [5, 5.41) is 1.03. The minimum Gasteiger partial charge on any atom is -0.330 e. The molecule has 0 fully saturated rings. The van der Waals surface area contributed by atoms with Crippen LogP contribution in [0.25, 0.3) is 16.7 Å². The first-order valence-electron chi connectivity index (χ1n) is 5.73. The molecule has 1 N–H and O–H groups in total. The van der Waals surface area contributed by atoms with Gasteiger partial charge in [0.25, 0.3) is 0 Å². The molecule has 19 heavy (non-hydrogen) atoms. The Kier molecular flexibility index (Phi) is 3.13. The van der Waals surface area contributed by atoms with Gasteiger partial charge >= 0.3 is 0 Å². The van der Waals surface area contributed by atoms with Crippen molar-refractivity contribution < 1.29 is 0 Å². The Bertz CT molecular complexity index is 833. The summed E-state index contributed by atoms with van der Waals surface area (Å²) in [4.78, 5) is 3.15. The maximum atomic E-state index is 6.09. The van der Waals surface area contributed by atoms with E-state index in [0.29, 0.717) is 14.8 Å². The minimum absolute atomic E-state index is 0.516. The third-order valence-corrected chi connectivity index (χ3v) is 3.99. The molecule has 0 bridgehead atoms. The van der Waals surface area contributed by atoms with Gasteiger partial charge in [-0.1, -0.05) is 35.3 Å². The quantitative estimate of drug-likeness (QED) is 0.605. The Morgan fingerprint density at radius 1 is 1.11 bits per heavy atom. The van der Waals surface area contributed by atoms with Crippen LogP contribution in [0.15, 0.2) is 36.4 Å². The maximum absolute atomic E-state index is 6.09. The minimum atomic E-state index is 0.516. The molecule has 0 saturated carbocycles. The normalized spacial score (nSPS) is 11.1. The van der Waals surface area contributed by atoms with Gasteiger partial charge in [-0.2, -0.15) is 0 Å². The summed E-state index contributed by atoms with van der Waals surface area (Å²) in [6.45, 7) is 2.05. The third kappa shape index (κ3) is 2.18. The molecule has 0 amide bonds. The largest absolute Gasteiger partial charge is 0.330 e. The van der Waals surface area contributed by atoms with Gasteiger partial charge in [-0.3, -0.25) is 4.57 Å². The summed E-state index contributed by atoms with van der Waals surface area (Å²) in [7, 11) is 0. The SMILES string of the molecule is Cc1cccc(-n2c(=S)[nH]c3cc(Cl)c(Cl)cc32)c1. The van der Waals surface area contributed by atoms with Gasteiger partial charge in [0.05, 0.1) is 21.1 Å². The molecule has 3 rings (SSSR count). The van der Waals surface area contributed by atoms with Gasteiger partial charge < -0.3 is 4.98 Å². The van der Waals surface area contributed by atoms with Crippen LogP contribution in [0.1, 0.15) is 5.56 Å². The molecule has 0 spiro atoms. The fourth-order valence-corrected chi connectivity index (χ4v) is 2.76. The van der Waals surface area contributed by atoms with Crippen molar-refractivity contribution in [1.29, 1.82) is 0 Å². The highest BCUT2D eigenvalue weighted by atomic mass is 35.5. The van der Waals surface area contributed by atoms with Crippen LogP contribution in [0, 0.1) is 11.7 Å². The van der Waals surface area contributed by atoms with Gasteiger partial charge in [-0.25, -0.2) is 0 Å². The smallest absolute Gasteiger partial charge is 0.182 e. The molecule has 1 aromatic heterocycles. The number of fused-ring (bicyclic) bond motifs is 1. The molecule has 3 aromatic rings. The van der Waals surface area contributed by atoms with Gasteiger partial charge in [0.15, 0.2) is 4.77 Å². The number of hydrogen-bond donors (Lipinski definition) is 1. The van der Waals surface area contributed by atoms with E-state index in [0.717, 1.165) is 16.7 Å². The second-order valence-electron chi connectivity index (χ2n) is 4.39. The second-order valence-corrected chi connectivity index (χ2v) is 5.59. The molecule has 1 heterocycles. The zero-order chi connectivity index (χ0) is 13.6. The number of imidazole rings is 1. The first kappa shape index (κ1) is 12.7. The third-order valence-electron chi connectivity index (χ3n) is 2.98. The average Bonchev–Trinajstić information content (AvgIpc) is 2.65. The number of hydrogen-bond acceptors (Lipinski definition) is 1. The molecule has 5 heteroatoms. The molecular formula is C14H10Cl2N2S. The zero-order valence-corrected chi connectivity index (χ0v) is 12.4. The van der Waals surface area contributed by atoms with Crippen molar-refractivity contribution in [2.75, 3.05) is 0 Å². The van der Waals surface area contributed by atoms with E-state index in [2.05, 4.69) is 11.1 Å². The highest BCUT2D eigenvalue weighted by molar-refractivity contribution is 7.71. The van der Waals surface area contributed by atoms with Crippen LogP contribution in [0.2, 0.25) is 10.0 Å². The van der Waals surface area contributed by atoms with Crippen LogP contribution in [-0.2, 0) is 0 Å². The summed E-state index contributed by atoms with van der Waals surface area (Å²) < 4.78 is 2.58. The zero-order valence-electron chi connectivity index (χ0n) is 10.1. The van der Waals surface area contributed by atoms with Crippen molar-refractivity contribution in [1.82, 2.24) is 9.55 Å². The number of halogens is 2. The van der Waals surface area contributed by atoms with Gasteiger partial charge in [0.1, 0.15) is 0 Å². The van der Waals surface area contributed by atoms with Gasteiger partial charge in [-0.05, 0) is 49.0 Å². The molecule has 2 aromatic carbocycles. The van der Waals surface area contributed by atoms with Crippen molar-refractivity contribution in [2.24, 2.45) is 0 Å². The molecule has 0 unspecified atom stereocenters. The van der Waals surface area contributed by atoms with E-state index in [1.54, 1.807) is 6.07 Å². The number of aromatic amines is 1. The lowest BCUT2D eigenvalue weighted by atomic mass is 10.2. The number of rotatable bonds is 1. The van der Waals surface area contributed by atoms with E-state index < -0.39 is 0 Å². The molecule has 0 saturated heterocycles. The van der Waals surface area contributed by atoms with Crippen LogP contribution in [0.5, 0.6) is 0 Å². The Labute approximate surface area is 125 Å². The Morgan fingerprint density at radius 2 is 1.84 bits per heavy atom. The summed E-state index contributed by atoms with van der Waals surface area (Å²) >= 11 is 17.5. The number of aryl methyl sites for hydroxylation is 1. The number of nitrogens with one attached hydrogen (secondary N) is 1. The molecule has 0 atom stereocenters. The van der Waals surface area contributed by atoms with Crippen LogP contribution in [-0.4, -0.2) is 9.55 Å². The fraction of sp³-hybridized carbons (Fsp3) is 0.0714. The van der Waals surface area contributed by atoms with Crippen molar-refractivity contribution in [3.05, 3.63) is 56.8 Å². The van der Waals surface area contributed by atoms with E-state index in [9.17, 15) is 0 Å². The lowest BCUT2D eigenvalue weighted by molar-refractivity contribution is 1.06. The summed E-state index contributed by atoms with van der Waals surface area (Å²) in [6.07, 6.45) is 0. The molecule has 96 valence electrons. The maximum Gasteiger partial charge on any atom is 0.182 e. The predicted octanol–water partition coefficient (Wildman–Crippen LogP) is 5.30. The second kappa shape index (κ2) is 4.67. The van der Waals surface area contributed by atoms with Gasteiger partial charge in [0, 0.05) is 5.69 Å². The number of nitrogens with zero attached hydrogens (tertiary/aromatic N) is 1. The predicted molar refractivity (Wildman–Crippen MR) is 83.2 cm³/mol. The summed E-state index contributed by atoms with van der Waals surface area (Å²) in [5.41, 5.74) is 3.98. The lowest BCUT2D eigenvalue weighted by Crippen LogP contribution is -1.94. The highest BCUT2D eigenvalue weighted by Gasteiger charge is 2.09. The molecule has 2 nitrogen and oxygen atoms in total. The van der Waals surface area contributed by atoms with E-state index in [4.69, 9.17) is 35.4 Å². The van der Waals surface area contributed by atoms with E-state index in [-0.39, 0.29) is 0 Å². The molecule has 0 aliphatic carbocycles. The fourth-order valence-electron chi connectivity index (χ4n) is 2.13. The lowest BCUT2D eigenvalue weighted by Gasteiger charge is -2.06. The van der Waals surface area contributed by atoms with Crippen molar-refractivity contribution in [3.63, 3.8) is 0 Å². The molecule has 0 radical (unpaired) electrons. The number of aromatic nitrogens is 2. The van der Waals surface area contributed by atoms with E-state index in [1.807, 2.05) is 35.8 Å².